The highest BCUT2D eigenvalue weighted by atomic mass is 79.9. The molecule has 2 atom stereocenters. The van der Waals surface area contributed by atoms with Crippen molar-refractivity contribution in [3.05, 3.63) is 39.4 Å². The summed E-state index contributed by atoms with van der Waals surface area (Å²) >= 11 is 3.44. The van der Waals surface area contributed by atoms with Gasteiger partial charge in [0.2, 0.25) is 5.82 Å². The summed E-state index contributed by atoms with van der Waals surface area (Å²) in [6, 6.07) is 1.17. The van der Waals surface area contributed by atoms with E-state index in [0.29, 0.717) is 31.1 Å². The lowest BCUT2D eigenvalue weighted by molar-refractivity contribution is -0.387. The Kier molecular flexibility index (Phi) is 4.55. The molecule has 0 radical (unpaired) electrons. The van der Waals surface area contributed by atoms with Crippen molar-refractivity contribution in [3.8, 4) is 0 Å². The minimum atomic E-state index is -1.30. The number of piperidine rings is 1. The van der Waals surface area contributed by atoms with Crippen molar-refractivity contribution in [2.75, 3.05) is 13.1 Å². The average Bonchev–Trinajstić information content (AvgIpc) is 2.43. The number of halogens is 3. The van der Waals surface area contributed by atoms with Crippen LogP contribution in [0.4, 0.5) is 14.5 Å². The maximum absolute atomic E-state index is 14.0. The number of rotatable bonds is 2. The Morgan fingerprint density at radius 2 is 2.14 bits per heavy atom. The molecule has 0 spiro atoms. The lowest BCUT2D eigenvalue weighted by Gasteiger charge is -2.34. The largest absolute Gasteiger partial charge is 0.337 e. The van der Waals surface area contributed by atoms with Gasteiger partial charge in [0.25, 0.3) is 5.91 Å². The first-order valence-electron chi connectivity index (χ1n) is 6.38. The summed E-state index contributed by atoms with van der Waals surface area (Å²) in [5, 5.41) is 10.7. The Morgan fingerprint density at radius 1 is 1.48 bits per heavy atom. The summed E-state index contributed by atoms with van der Waals surface area (Å²) in [5.74, 6) is -2.67. The molecule has 21 heavy (non-hydrogen) atoms. The Bertz CT molecular complexity index is 597. The second kappa shape index (κ2) is 6.05. The van der Waals surface area contributed by atoms with E-state index in [1.807, 2.05) is 6.92 Å². The molecule has 1 aliphatic rings. The van der Waals surface area contributed by atoms with E-state index in [2.05, 4.69) is 15.9 Å². The van der Waals surface area contributed by atoms with Gasteiger partial charge in [0.1, 0.15) is 5.82 Å². The number of amides is 1. The molecule has 1 saturated heterocycles. The number of nitro benzene ring substituents is 1. The third kappa shape index (κ3) is 3.20. The van der Waals surface area contributed by atoms with Crippen molar-refractivity contribution in [1.29, 1.82) is 0 Å². The number of carbonyl (C=O) groups excluding carboxylic acids is 1. The van der Waals surface area contributed by atoms with Crippen molar-refractivity contribution >= 4 is 27.5 Å². The van der Waals surface area contributed by atoms with E-state index in [-0.39, 0.29) is 4.83 Å². The van der Waals surface area contributed by atoms with Crippen LogP contribution in [0.5, 0.6) is 0 Å². The number of hydrogen-bond acceptors (Lipinski definition) is 3. The molecular formula is C13H13BrF2N2O3. The molecule has 8 heteroatoms. The first-order valence-corrected chi connectivity index (χ1v) is 7.29. The van der Waals surface area contributed by atoms with Crippen LogP contribution < -0.4 is 0 Å². The van der Waals surface area contributed by atoms with Crippen molar-refractivity contribution < 1.29 is 18.5 Å². The van der Waals surface area contributed by atoms with E-state index < -0.39 is 33.7 Å². The third-order valence-electron chi connectivity index (χ3n) is 3.60. The number of hydrogen-bond donors (Lipinski definition) is 0. The molecule has 0 saturated carbocycles. The van der Waals surface area contributed by atoms with Gasteiger partial charge in [-0.2, -0.15) is 4.39 Å². The fourth-order valence-electron chi connectivity index (χ4n) is 2.24. The van der Waals surface area contributed by atoms with E-state index in [4.69, 9.17) is 0 Å². The smallest absolute Gasteiger partial charge is 0.308 e. The van der Waals surface area contributed by atoms with E-state index in [1.165, 1.54) is 4.90 Å². The molecule has 0 N–H and O–H groups in total. The lowest BCUT2D eigenvalue weighted by atomic mass is 9.98. The summed E-state index contributed by atoms with van der Waals surface area (Å²) in [7, 11) is 0. The predicted octanol–water partition coefficient (Wildman–Crippen LogP) is 3.12. The molecule has 1 heterocycles. The second-order valence-electron chi connectivity index (χ2n) is 5.08. The molecule has 5 nitrogen and oxygen atoms in total. The monoisotopic (exact) mass is 362 g/mol. The summed E-state index contributed by atoms with van der Waals surface area (Å²) in [6.07, 6.45) is 0.723. The van der Waals surface area contributed by atoms with Crippen LogP contribution in [0, 0.1) is 27.7 Å². The van der Waals surface area contributed by atoms with Gasteiger partial charge in [0, 0.05) is 17.9 Å². The van der Waals surface area contributed by atoms with Gasteiger partial charge in [0.05, 0.1) is 16.6 Å². The van der Waals surface area contributed by atoms with E-state index in [1.54, 1.807) is 0 Å². The highest BCUT2D eigenvalue weighted by Gasteiger charge is 2.31. The third-order valence-corrected chi connectivity index (χ3v) is 4.79. The first kappa shape index (κ1) is 15.8. The summed E-state index contributed by atoms with van der Waals surface area (Å²) in [4.78, 5) is 23.4. The molecule has 2 unspecified atom stereocenters. The molecule has 0 bridgehead atoms. The highest BCUT2D eigenvalue weighted by molar-refractivity contribution is 9.09. The molecule has 1 aromatic carbocycles. The van der Waals surface area contributed by atoms with Gasteiger partial charge in [0.15, 0.2) is 0 Å². The average molecular weight is 363 g/mol. The zero-order chi connectivity index (χ0) is 15.7. The standard InChI is InChI=1S/C13H13BrF2N2O3/c1-7-2-3-17(6-10(7)14)13(19)9-4-8(15)5-11(12(9)16)18(20)21/h4-5,7,10H,2-3,6H2,1H3. The molecule has 114 valence electrons. The fourth-order valence-corrected chi connectivity index (χ4v) is 2.85. The first-order chi connectivity index (χ1) is 9.81. The van der Waals surface area contributed by atoms with E-state index in [0.717, 1.165) is 6.42 Å². The van der Waals surface area contributed by atoms with Gasteiger partial charge in [-0.1, -0.05) is 22.9 Å². The molecule has 1 fully saturated rings. The highest BCUT2D eigenvalue weighted by Crippen LogP contribution is 2.27. The molecule has 1 amide bonds. The topological polar surface area (TPSA) is 63.5 Å². The number of likely N-dealkylation sites (tertiary alicyclic amines) is 1. The van der Waals surface area contributed by atoms with Crippen molar-refractivity contribution in [3.63, 3.8) is 0 Å². The van der Waals surface area contributed by atoms with Crippen LogP contribution in [0.25, 0.3) is 0 Å². The number of benzene rings is 1. The van der Waals surface area contributed by atoms with Gasteiger partial charge in [-0.05, 0) is 18.4 Å². The predicted molar refractivity (Wildman–Crippen MR) is 75.4 cm³/mol. The zero-order valence-corrected chi connectivity index (χ0v) is 12.8. The summed E-state index contributed by atoms with van der Waals surface area (Å²) in [5.41, 5.74) is -1.63. The summed E-state index contributed by atoms with van der Waals surface area (Å²) in [6.45, 7) is 2.78. The van der Waals surface area contributed by atoms with Crippen LogP contribution >= 0.6 is 15.9 Å². The van der Waals surface area contributed by atoms with E-state index >= 15 is 0 Å². The maximum atomic E-state index is 14.0. The molecular weight excluding hydrogens is 350 g/mol. The van der Waals surface area contributed by atoms with Crippen LogP contribution in [0.3, 0.4) is 0 Å². The minimum Gasteiger partial charge on any atom is -0.337 e. The van der Waals surface area contributed by atoms with Gasteiger partial charge in [-0.15, -0.1) is 0 Å². The molecule has 0 aliphatic carbocycles. The lowest BCUT2D eigenvalue weighted by Crippen LogP contribution is -2.43. The molecule has 0 aromatic heterocycles. The van der Waals surface area contributed by atoms with Gasteiger partial charge in [-0.25, -0.2) is 4.39 Å². The zero-order valence-electron chi connectivity index (χ0n) is 11.2. The molecule has 2 rings (SSSR count). The SMILES string of the molecule is CC1CCN(C(=O)c2cc(F)cc([N+](=O)[O-])c2F)CC1Br. The number of nitro groups is 1. The Labute approximate surface area is 128 Å². The number of alkyl halides is 1. The van der Waals surface area contributed by atoms with Gasteiger partial charge < -0.3 is 4.90 Å². The van der Waals surface area contributed by atoms with Crippen LogP contribution in [0.15, 0.2) is 12.1 Å². The van der Waals surface area contributed by atoms with Crippen molar-refractivity contribution in [2.45, 2.75) is 18.2 Å². The van der Waals surface area contributed by atoms with Gasteiger partial charge >= 0.3 is 5.69 Å². The minimum absolute atomic E-state index is 0.0572. The fraction of sp³-hybridized carbons (Fsp3) is 0.462. The molecule has 1 aliphatic heterocycles. The van der Waals surface area contributed by atoms with Crippen molar-refractivity contribution in [2.24, 2.45) is 5.92 Å². The van der Waals surface area contributed by atoms with Crippen LogP contribution in [0.2, 0.25) is 0 Å². The quantitative estimate of drug-likeness (QED) is 0.461. The number of carbonyl (C=O) groups is 1. The van der Waals surface area contributed by atoms with E-state index in [9.17, 15) is 23.7 Å². The van der Waals surface area contributed by atoms with Crippen LogP contribution in [0.1, 0.15) is 23.7 Å². The second-order valence-corrected chi connectivity index (χ2v) is 6.25. The Hall–Kier alpha value is -1.57. The Balaban J connectivity index is 2.33. The van der Waals surface area contributed by atoms with Crippen LogP contribution in [-0.2, 0) is 0 Å². The van der Waals surface area contributed by atoms with Gasteiger partial charge in [-0.3, -0.25) is 14.9 Å². The normalized spacial score (nSPS) is 22.2. The number of nitrogens with zero attached hydrogens (tertiary/aromatic N) is 2. The van der Waals surface area contributed by atoms with Crippen LogP contribution in [-0.4, -0.2) is 33.6 Å². The molecule has 1 aromatic rings. The maximum Gasteiger partial charge on any atom is 0.308 e. The summed E-state index contributed by atoms with van der Waals surface area (Å²) < 4.78 is 27.4. The van der Waals surface area contributed by atoms with Crippen molar-refractivity contribution in [1.82, 2.24) is 4.90 Å². The Morgan fingerprint density at radius 3 is 2.71 bits per heavy atom.